The molecule has 1 aliphatic rings. The largest absolute Gasteiger partial charge is 0.479 e. The minimum absolute atomic E-state index is 0.0959. The molecule has 0 bridgehead atoms. The van der Waals surface area contributed by atoms with E-state index in [1.807, 2.05) is 32.9 Å². The molecule has 2 N–H and O–H groups in total. The molecule has 0 aromatic heterocycles. The third-order valence-corrected chi connectivity index (χ3v) is 5.83. The minimum atomic E-state index is -0.999. The quantitative estimate of drug-likeness (QED) is 0.388. The Balaban J connectivity index is 3.17. The van der Waals surface area contributed by atoms with Crippen molar-refractivity contribution >= 4 is 12.3 Å². The van der Waals surface area contributed by atoms with E-state index < -0.39 is 23.8 Å². The second-order valence-corrected chi connectivity index (χ2v) is 7.96. The molecule has 0 saturated carbocycles. The number of carbonyl (C=O) groups is 2. The van der Waals surface area contributed by atoms with Crippen LogP contribution in [0.25, 0.3) is 0 Å². The van der Waals surface area contributed by atoms with E-state index in [-0.39, 0.29) is 24.2 Å². The van der Waals surface area contributed by atoms with Gasteiger partial charge in [0.15, 0.2) is 6.10 Å². The van der Waals surface area contributed by atoms with E-state index >= 15 is 0 Å². The van der Waals surface area contributed by atoms with Crippen LogP contribution in [-0.2, 0) is 19.1 Å². The van der Waals surface area contributed by atoms with Crippen LogP contribution in [0, 0.1) is 17.8 Å². The number of hydrogen-bond acceptors (Lipinski definition) is 5. The number of carboxylic acids is 1. The third-order valence-electron chi connectivity index (χ3n) is 5.83. The average Bonchev–Trinajstić information content (AvgIpc) is 2.66. The Labute approximate surface area is 168 Å². The van der Waals surface area contributed by atoms with Crippen LogP contribution in [0.4, 0.5) is 0 Å². The summed E-state index contributed by atoms with van der Waals surface area (Å²) < 4.78 is 11.6. The number of aliphatic carboxylic acids is 1. The molecule has 0 aliphatic heterocycles. The molecular formula is C22H36O6. The molecule has 0 saturated heterocycles. The number of carboxylic acid groups (broad SMARTS) is 1. The van der Waals surface area contributed by atoms with E-state index in [1.54, 1.807) is 6.92 Å². The summed E-state index contributed by atoms with van der Waals surface area (Å²) in [7, 11) is 1.40. The maximum atomic E-state index is 11.5. The molecule has 0 aromatic rings. The van der Waals surface area contributed by atoms with Gasteiger partial charge in [0.05, 0.1) is 11.7 Å². The summed E-state index contributed by atoms with van der Waals surface area (Å²) in [6, 6.07) is 0. The number of allylic oxidation sites excluding steroid dienone is 2. The molecule has 0 fully saturated rings. The molecule has 4 unspecified atom stereocenters. The Morgan fingerprint density at radius 2 is 2.04 bits per heavy atom. The van der Waals surface area contributed by atoms with E-state index in [0.717, 1.165) is 18.3 Å². The zero-order chi connectivity index (χ0) is 21.3. The van der Waals surface area contributed by atoms with Crippen LogP contribution in [0.5, 0.6) is 0 Å². The summed E-state index contributed by atoms with van der Waals surface area (Å²) in [6.07, 6.45) is 8.01. The van der Waals surface area contributed by atoms with Gasteiger partial charge in [-0.25, -0.2) is 4.79 Å². The first kappa shape index (κ1) is 24.5. The molecule has 1 aliphatic carbocycles. The minimum Gasteiger partial charge on any atom is -0.479 e. The van der Waals surface area contributed by atoms with Crippen LogP contribution in [0.15, 0.2) is 23.8 Å². The van der Waals surface area contributed by atoms with Crippen molar-refractivity contribution in [1.82, 2.24) is 0 Å². The molecule has 28 heavy (non-hydrogen) atoms. The van der Waals surface area contributed by atoms with E-state index in [0.29, 0.717) is 19.4 Å². The number of aldehydes is 1. The predicted octanol–water partition coefficient (Wildman–Crippen LogP) is 3.39. The smallest absolute Gasteiger partial charge is 0.332 e. The Morgan fingerprint density at radius 1 is 1.36 bits per heavy atom. The predicted molar refractivity (Wildman–Crippen MR) is 108 cm³/mol. The van der Waals surface area contributed by atoms with Crippen LogP contribution in [0.1, 0.15) is 53.4 Å². The Morgan fingerprint density at radius 3 is 2.57 bits per heavy atom. The van der Waals surface area contributed by atoms with Crippen molar-refractivity contribution in [3.05, 3.63) is 23.8 Å². The number of ether oxygens (including phenoxy) is 2. The molecule has 0 spiro atoms. The normalized spacial score (nSPS) is 27.1. The maximum Gasteiger partial charge on any atom is 0.332 e. The molecule has 0 amide bonds. The molecule has 0 radical (unpaired) electrons. The number of rotatable bonds is 12. The van der Waals surface area contributed by atoms with Gasteiger partial charge in [-0.2, -0.15) is 0 Å². The Kier molecular flexibility index (Phi) is 10.1. The lowest BCUT2D eigenvalue weighted by Crippen LogP contribution is -2.46. The second kappa shape index (κ2) is 11.5. The van der Waals surface area contributed by atoms with Crippen LogP contribution in [0.3, 0.4) is 0 Å². The van der Waals surface area contributed by atoms with E-state index in [2.05, 4.69) is 6.08 Å². The number of aliphatic hydroxyl groups excluding tert-OH is 1. The lowest BCUT2D eigenvalue weighted by atomic mass is 9.71. The van der Waals surface area contributed by atoms with Gasteiger partial charge in [0.25, 0.3) is 0 Å². The van der Waals surface area contributed by atoms with E-state index in [1.165, 1.54) is 7.11 Å². The summed E-state index contributed by atoms with van der Waals surface area (Å²) in [5.41, 5.74) is 0.253. The van der Waals surface area contributed by atoms with Gasteiger partial charge in [0, 0.05) is 25.6 Å². The molecule has 6 nitrogen and oxygen atoms in total. The first-order valence-corrected chi connectivity index (χ1v) is 10.1. The number of aliphatic hydroxyl groups is 1. The molecule has 0 aromatic carbocycles. The van der Waals surface area contributed by atoms with Crippen molar-refractivity contribution in [3.63, 3.8) is 0 Å². The molecule has 6 atom stereocenters. The van der Waals surface area contributed by atoms with Crippen LogP contribution < -0.4 is 0 Å². The van der Waals surface area contributed by atoms with Crippen molar-refractivity contribution in [2.24, 2.45) is 17.8 Å². The average molecular weight is 397 g/mol. The number of hydrogen-bond donors (Lipinski definition) is 2. The van der Waals surface area contributed by atoms with Gasteiger partial charge in [-0.15, -0.1) is 0 Å². The molecule has 1 rings (SSSR count). The molecule has 0 heterocycles. The zero-order valence-electron chi connectivity index (χ0n) is 17.8. The fourth-order valence-electron chi connectivity index (χ4n) is 3.72. The standard InChI is InChI=1S/C22H36O6/c1-15(14-23)12-17(3)22(28-11-9-16(2)18(4)24)10-7-6-8-19(22)13-20(27-5)21(25)26/h6,8,12,14-16,18-20,24H,7,9-11,13H2,1-5H3,(H,25,26)/b17-12+/t15?,16-,18?,19?,20?,22-/m0/s1. The highest BCUT2D eigenvalue weighted by Gasteiger charge is 2.43. The van der Waals surface area contributed by atoms with Crippen molar-refractivity contribution in [1.29, 1.82) is 0 Å². The summed E-state index contributed by atoms with van der Waals surface area (Å²) >= 11 is 0. The third kappa shape index (κ3) is 6.54. The first-order valence-electron chi connectivity index (χ1n) is 10.1. The summed E-state index contributed by atoms with van der Waals surface area (Å²) in [5.74, 6) is -1.33. The highest BCUT2D eigenvalue weighted by atomic mass is 16.5. The van der Waals surface area contributed by atoms with Crippen LogP contribution >= 0.6 is 0 Å². The topological polar surface area (TPSA) is 93.1 Å². The van der Waals surface area contributed by atoms with E-state index in [9.17, 15) is 19.8 Å². The fraction of sp³-hybridized carbons (Fsp3) is 0.727. The van der Waals surface area contributed by atoms with Crippen molar-refractivity contribution in [3.8, 4) is 0 Å². The van der Waals surface area contributed by atoms with Gasteiger partial charge >= 0.3 is 5.97 Å². The molecule has 160 valence electrons. The van der Waals surface area contributed by atoms with Gasteiger partial charge in [-0.1, -0.05) is 32.1 Å². The SMILES string of the molecule is COC(CC1C=CCC[C@]1(OCC[C@H](C)C(C)O)/C(C)=C/C(C)C=O)C(=O)O. The monoisotopic (exact) mass is 396 g/mol. The van der Waals surface area contributed by atoms with E-state index in [4.69, 9.17) is 9.47 Å². The maximum absolute atomic E-state index is 11.5. The van der Waals surface area contributed by atoms with Crippen LogP contribution in [-0.4, -0.2) is 54.0 Å². The number of methoxy groups -OCH3 is 1. The summed E-state index contributed by atoms with van der Waals surface area (Å²) in [4.78, 5) is 22.7. The van der Waals surface area contributed by atoms with Crippen molar-refractivity contribution in [2.45, 2.75) is 71.2 Å². The lowest BCUT2D eigenvalue weighted by Gasteiger charge is -2.44. The number of carbonyl (C=O) groups excluding carboxylic acids is 1. The van der Waals surface area contributed by atoms with Gasteiger partial charge in [0.1, 0.15) is 6.29 Å². The summed E-state index contributed by atoms with van der Waals surface area (Å²) in [6.45, 7) is 7.96. The van der Waals surface area contributed by atoms with Crippen molar-refractivity contribution < 1.29 is 29.3 Å². The Hall–Kier alpha value is -1.50. The fourth-order valence-corrected chi connectivity index (χ4v) is 3.72. The molecule has 6 heteroatoms. The Bertz CT molecular complexity index is 567. The highest BCUT2D eigenvalue weighted by Crippen LogP contribution is 2.42. The summed E-state index contributed by atoms with van der Waals surface area (Å²) in [5, 5.41) is 19.2. The van der Waals surface area contributed by atoms with Gasteiger partial charge in [0.2, 0.25) is 0 Å². The van der Waals surface area contributed by atoms with Crippen LogP contribution in [0.2, 0.25) is 0 Å². The van der Waals surface area contributed by atoms with Gasteiger partial charge < -0.3 is 24.5 Å². The second-order valence-electron chi connectivity index (χ2n) is 7.96. The first-order chi connectivity index (χ1) is 13.2. The zero-order valence-corrected chi connectivity index (χ0v) is 17.8. The highest BCUT2D eigenvalue weighted by molar-refractivity contribution is 5.72. The lowest BCUT2D eigenvalue weighted by molar-refractivity contribution is -0.151. The van der Waals surface area contributed by atoms with Crippen molar-refractivity contribution in [2.75, 3.05) is 13.7 Å². The molecular weight excluding hydrogens is 360 g/mol. The van der Waals surface area contributed by atoms with Gasteiger partial charge in [-0.3, -0.25) is 0 Å². The van der Waals surface area contributed by atoms with Gasteiger partial charge in [-0.05, 0) is 51.0 Å².